The average molecular weight is 152 g/mol. The fourth-order valence-corrected chi connectivity index (χ4v) is 2.83. The molecule has 0 N–H and O–H groups in total. The first-order valence-electron chi connectivity index (χ1n) is 4.77. The zero-order chi connectivity index (χ0) is 7.90. The van der Waals surface area contributed by atoms with Gasteiger partial charge in [0, 0.05) is 11.8 Å². The summed E-state index contributed by atoms with van der Waals surface area (Å²) in [6.07, 6.45) is 7.14. The summed E-state index contributed by atoms with van der Waals surface area (Å²) >= 11 is 0. The molecule has 0 aromatic rings. The van der Waals surface area contributed by atoms with E-state index < -0.39 is 0 Å². The molecular weight excluding hydrogens is 136 g/mol. The van der Waals surface area contributed by atoms with Crippen molar-refractivity contribution >= 4 is 5.78 Å². The Bertz CT molecular complexity index is 185. The second-order valence-electron chi connectivity index (χ2n) is 4.32. The van der Waals surface area contributed by atoms with Gasteiger partial charge in [0.2, 0.25) is 0 Å². The Kier molecular flexibility index (Phi) is 1.55. The van der Waals surface area contributed by atoms with Gasteiger partial charge in [0.25, 0.3) is 0 Å². The summed E-state index contributed by atoms with van der Waals surface area (Å²) in [6, 6.07) is 0. The van der Waals surface area contributed by atoms with Crippen LogP contribution >= 0.6 is 0 Å². The molecule has 11 heavy (non-hydrogen) atoms. The molecule has 0 heterocycles. The van der Waals surface area contributed by atoms with Crippen LogP contribution in [0.2, 0.25) is 0 Å². The van der Waals surface area contributed by atoms with Crippen LogP contribution in [-0.4, -0.2) is 5.78 Å². The molecule has 1 heteroatoms. The topological polar surface area (TPSA) is 17.1 Å². The highest BCUT2D eigenvalue weighted by Gasteiger charge is 2.46. The summed E-state index contributed by atoms with van der Waals surface area (Å²) in [5.41, 5.74) is 0.109. The molecule has 2 atom stereocenters. The standard InChI is InChI=1S/C10H16O/c1-10-7-3-2-4-8(10)5-6-9(10)11/h8H,2-7H2,1H3/t8-,10+/m1/s1. The van der Waals surface area contributed by atoms with Gasteiger partial charge in [0.15, 0.2) is 0 Å². The van der Waals surface area contributed by atoms with E-state index >= 15 is 0 Å². The van der Waals surface area contributed by atoms with Crippen molar-refractivity contribution in [2.24, 2.45) is 11.3 Å². The third kappa shape index (κ3) is 0.935. The van der Waals surface area contributed by atoms with Gasteiger partial charge < -0.3 is 0 Å². The molecule has 1 nitrogen and oxygen atoms in total. The van der Waals surface area contributed by atoms with E-state index in [1.165, 1.54) is 25.7 Å². The first-order chi connectivity index (χ1) is 5.23. The van der Waals surface area contributed by atoms with E-state index in [2.05, 4.69) is 6.92 Å². The smallest absolute Gasteiger partial charge is 0.139 e. The Balaban J connectivity index is 2.23. The summed E-state index contributed by atoms with van der Waals surface area (Å²) in [5, 5.41) is 0. The largest absolute Gasteiger partial charge is 0.299 e. The van der Waals surface area contributed by atoms with Crippen LogP contribution in [0, 0.1) is 11.3 Å². The summed E-state index contributed by atoms with van der Waals surface area (Å²) in [6.45, 7) is 2.19. The van der Waals surface area contributed by atoms with Gasteiger partial charge in [-0.2, -0.15) is 0 Å². The van der Waals surface area contributed by atoms with Crippen LogP contribution in [0.15, 0.2) is 0 Å². The van der Waals surface area contributed by atoms with Crippen molar-refractivity contribution in [3.05, 3.63) is 0 Å². The normalized spacial score (nSPS) is 44.1. The molecule has 2 aliphatic carbocycles. The minimum atomic E-state index is 0.109. The molecule has 0 saturated heterocycles. The van der Waals surface area contributed by atoms with Crippen LogP contribution in [-0.2, 0) is 4.79 Å². The summed E-state index contributed by atoms with van der Waals surface area (Å²) < 4.78 is 0. The number of fused-ring (bicyclic) bond motifs is 1. The third-order valence-corrected chi connectivity index (χ3v) is 3.76. The minimum Gasteiger partial charge on any atom is -0.299 e. The molecule has 62 valence electrons. The molecule has 2 rings (SSSR count). The number of carbonyl (C=O) groups is 1. The second kappa shape index (κ2) is 2.33. The zero-order valence-electron chi connectivity index (χ0n) is 7.23. The Morgan fingerprint density at radius 2 is 2.18 bits per heavy atom. The lowest BCUT2D eigenvalue weighted by Crippen LogP contribution is -2.31. The van der Waals surface area contributed by atoms with Crippen LogP contribution in [0.4, 0.5) is 0 Å². The summed E-state index contributed by atoms with van der Waals surface area (Å²) in [5.74, 6) is 1.28. The lowest BCUT2D eigenvalue weighted by atomic mass is 9.69. The average Bonchev–Trinajstić information content (AvgIpc) is 2.29. The molecule has 2 aliphatic rings. The SMILES string of the molecule is C[C@]12CCCC[C@@H]1CCC2=O. The molecular formula is C10H16O. The highest BCUT2D eigenvalue weighted by molar-refractivity contribution is 5.87. The van der Waals surface area contributed by atoms with Gasteiger partial charge in [0.1, 0.15) is 5.78 Å². The summed E-state index contributed by atoms with van der Waals surface area (Å²) in [4.78, 5) is 11.5. The van der Waals surface area contributed by atoms with Crippen LogP contribution in [0.3, 0.4) is 0 Å². The Hall–Kier alpha value is -0.330. The predicted molar refractivity (Wildman–Crippen MR) is 44.3 cm³/mol. The van der Waals surface area contributed by atoms with Crippen molar-refractivity contribution in [2.75, 3.05) is 0 Å². The number of carbonyl (C=O) groups excluding carboxylic acids is 1. The van der Waals surface area contributed by atoms with E-state index in [4.69, 9.17) is 0 Å². The first-order valence-corrected chi connectivity index (χ1v) is 4.77. The van der Waals surface area contributed by atoms with Crippen LogP contribution < -0.4 is 0 Å². The number of rotatable bonds is 0. The van der Waals surface area contributed by atoms with E-state index in [0.717, 1.165) is 18.8 Å². The third-order valence-electron chi connectivity index (χ3n) is 3.76. The van der Waals surface area contributed by atoms with Crippen molar-refractivity contribution in [2.45, 2.75) is 45.4 Å². The molecule has 0 bridgehead atoms. The van der Waals surface area contributed by atoms with E-state index in [9.17, 15) is 4.79 Å². The van der Waals surface area contributed by atoms with Crippen molar-refractivity contribution in [1.29, 1.82) is 0 Å². The highest BCUT2D eigenvalue weighted by Crippen LogP contribution is 2.49. The van der Waals surface area contributed by atoms with Gasteiger partial charge in [-0.05, 0) is 25.2 Å². The molecule has 0 aliphatic heterocycles. The maximum Gasteiger partial charge on any atom is 0.139 e. The van der Waals surface area contributed by atoms with E-state index in [1.54, 1.807) is 0 Å². The zero-order valence-corrected chi connectivity index (χ0v) is 7.23. The molecule has 0 radical (unpaired) electrons. The monoisotopic (exact) mass is 152 g/mol. The van der Waals surface area contributed by atoms with Crippen molar-refractivity contribution in [1.82, 2.24) is 0 Å². The van der Waals surface area contributed by atoms with Gasteiger partial charge in [-0.1, -0.05) is 19.8 Å². The maximum absolute atomic E-state index is 11.5. The van der Waals surface area contributed by atoms with E-state index in [1.807, 2.05) is 0 Å². The molecule has 2 saturated carbocycles. The number of hydrogen-bond acceptors (Lipinski definition) is 1. The van der Waals surface area contributed by atoms with Crippen molar-refractivity contribution in [3.63, 3.8) is 0 Å². The van der Waals surface area contributed by atoms with Crippen LogP contribution in [0.25, 0.3) is 0 Å². The van der Waals surface area contributed by atoms with Gasteiger partial charge in [0.05, 0.1) is 0 Å². The maximum atomic E-state index is 11.5. The molecule has 0 amide bonds. The van der Waals surface area contributed by atoms with Gasteiger partial charge >= 0.3 is 0 Å². The predicted octanol–water partition coefficient (Wildman–Crippen LogP) is 2.55. The molecule has 0 aromatic heterocycles. The van der Waals surface area contributed by atoms with Crippen molar-refractivity contribution < 1.29 is 4.79 Å². The molecule has 0 spiro atoms. The highest BCUT2D eigenvalue weighted by atomic mass is 16.1. The quantitative estimate of drug-likeness (QED) is 0.521. The number of hydrogen-bond donors (Lipinski definition) is 0. The first kappa shape index (κ1) is 7.33. The number of ketones is 1. The van der Waals surface area contributed by atoms with Crippen LogP contribution in [0.1, 0.15) is 45.4 Å². The van der Waals surface area contributed by atoms with Crippen LogP contribution in [0.5, 0.6) is 0 Å². The van der Waals surface area contributed by atoms with E-state index in [0.29, 0.717) is 5.78 Å². The fourth-order valence-electron chi connectivity index (χ4n) is 2.83. The second-order valence-corrected chi connectivity index (χ2v) is 4.32. The minimum absolute atomic E-state index is 0.109. The Labute approximate surface area is 68.2 Å². The Morgan fingerprint density at radius 3 is 2.91 bits per heavy atom. The molecule has 0 aromatic carbocycles. The molecule has 0 unspecified atom stereocenters. The van der Waals surface area contributed by atoms with Gasteiger partial charge in [-0.15, -0.1) is 0 Å². The fraction of sp³-hybridized carbons (Fsp3) is 0.900. The number of Topliss-reactive ketones (excluding diaryl/α,β-unsaturated/α-hetero) is 1. The van der Waals surface area contributed by atoms with Gasteiger partial charge in [-0.3, -0.25) is 4.79 Å². The summed E-state index contributed by atoms with van der Waals surface area (Å²) in [7, 11) is 0. The van der Waals surface area contributed by atoms with Gasteiger partial charge in [-0.25, -0.2) is 0 Å². The van der Waals surface area contributed by atoms with Crippen molar-refractivity contribution in [3.8, 4) is 0 Å². The molecule has 2 fully saturated rings. The van der Waals surface area contributed by atoms with E-state index in [-0.39, 0.29) is 5.41 Å². The lowest BCUT2D eigenvalue weighted by molar-refractivity contribution is -0.127. The lowest BCUT2D eigenvalue weighted by Gasteiger charge is -2.34. The Morgan fingerprint density at radius 1 is 1.36 bits per heavy atom.